The molecular formula is C19H24N4O5S. The molecule has 0 unspecified atom stereocenters. The van der Waals surface area contributed by atoms with Gasteiger partial charge in [0.1, 0.15) is 11.3 Å². The summed E-state index contributed by atoms with van der Waals surface area (Å²) in [6.07, 6.45) is 1.65. The van der Waals surface area contributed by atoms with Gasteiger partial charge in [0.15, 0.2) is 5.65 Å². The van der Waals surface area contributed by atoms with Gasteiger partial charge in [-0.1, -0.05) is 37.3 Å². The highest BCUT2D eigenvalue weighted by Crippen LogP contribution is 2.11. The van der Waals surface area contributed by atoms with Gasteiger partial charge in [-0.3, -0.25) is 18.5 Å². The summed E-state index contributed by atoms with van der Waals surface area (Å²) in [5, 5.41) is 0. The van der Waals surface area contributed by atoms with E-state index in [2.05, 4.69) is 9.97 Å². The van der Waals surface area contributed by atoms with Crippen molar-refractivity contribution in [1.82, 2.24) is 19.1 Å². The third-order valence-electron chi connectivity index (χ3n) is 4.61. The molecule has 0 atom stereocenters. The summed E-state index contributed by atoms with van der Waals surface area (Å²) >= 11 is 0. The topological polar surface area (TPSA) is 127 Å². The molecule has 0 radical (unpaired) electrons. The molecule has 2 N–H and O–H groups in total. The summed E-state index contributed by atoms with van der Waals surface area (Å²) in [5.41, 5.74) is 0.674. The quantitative estimate of drug-likeness (QED) is 0.399. The molecule has 1 aromatic carbocycles. The van der Waals surface area contributed by atoms with Crippen LogP contribution in [0.3, 0.4) is 0 Å². The largest absolute Gasteiger partial charge is 0.336 e. The Morgan fingerprint density at radius 2 is 1.79 bits per heavy atom. The Morgan fingerprint density at radius 3 is 2.45 bits per heavy atom. The molecule has 0 spiro atoms. The molecule has 0 aliphatic heterocycles. The highest BCUT2D eigenvalue weighted by Gasteiger charge is 2.17. The zero-order valence-corrected chi connectivity index (χ0v) is 17.0. The molecule has 3 rings (SSSR count). The van der Waals surface area contributed by atoms with E-state index in [-0.39, 0.29) is 36.4 Å². The zero-order valence-electron chi connectivity index (χ0n) is 16.2. The van der Waals surface area contributed by atoms with Gasteiger partial charge in [0.05, 0.1) is 5.75 Å². The number of nitrogens with one attached hydrogen (secondary N) is 1. The molecule has 0 aliphatic carbocycles. The maximum absolute atomic E-state index is 12.9. The first-order chi connectivity index (χ1) is 13.8. The van der Waals surface area contributed by atoms with Gasteiger partial charge in [-0.15, -0.1) is 0 Å². The molecule has 2 aromatic heterocycles. The standard InChI is InChI=1S/C19H24N4O5S/c1-2-10-23-18(24)16-17(21-15(20-16)13-14-8-4-3-5-9-14)22(19(23)25)11-6-7-12-29(26,27)28/h3-5,8-9H,2,6-7,10-13H2,1H3,(H,20,21)(H,26,27,28). The molecule has 9 nitrogen and oxygen atoms in total. The van der Waals surface area contributed by atoms with Crippen LogP contribution in [0.1, 0.15) is 37.6 Å². The molecule has 29 heavy (non-hydrogen) atoms. The van der Waals surface area contributed by atoms with Crippen molar-refractivity contribution in [1.29, 1.82) is 0 Å². The molecule has 0 amide bonds. The lowest BCUT2D eigenvalue weighted by atomic mass is 10.1. The maximum Gasteiger partial charge on any atom is 0.332 e. The summed E-state index contributed by atoms with van der Waals surface area (Å²) in [5.74, 6) is 0.197. The lowest BCUT2D eigenvalue weighted by Gasteiger charge is -2.10. The molecule has 0 fully saturated rings. The third-order valence-corrected chi connectivity index (χ3v) is 5.41. The first-order valence-corrected chi connectivity index (χ1v) is 11.1. The van der Waals surface area contributed by atoms with Crippen molar-refractivity contribution in [3.63, 3.8) is 0 Å². The lowest BCUT2D eigenvalue weighted by molar-refractivity contribution is 0.477. The normalized spacial score (nSPS) is 11.9. The van der Waals surface area contributed by atoms with E-state index in [0.717, 1.165) is 5.56 Å². The van der Waals surface area contributed by atoms with Gasteiger partial charge >= 0.3 is 5.69 Å². The summed E-state index contributed by atoms with van der Waals surface area (Å²) in [4.78, 5) is 33.2. The van der Waals surface area contributed by atoms with E-state index in [0.29, 0.717) is 25.1 Å². The fourth-order valence-corrected chi connectivity index (χ4v) is 3.83. The molecule has 3 aromatic rings. The number of nitrogens with zero attached hydrogens (tertiary/aromatic N) is 3. The summed E-state index contributed by atoms with van der Waals surface area (Å²) in [7, 11) is -4.05. The second kappa shape index (κ2) is 8.75. The Hall–Kier alpha value is -2.72. The van der Waals surface area contributed by atoms with Crippen molar-refractivity contribution in [2.24, 2.45) is 0 Å². The Morgan fingerprint density at radius 1 is 1.07 bits per heavy atom. The van der Waals surface area contributed by atoms with Crippen molar-refractivity contribution >= 4 is 21.3 Å². The smallest absolute Gasteiger partial charge is 0.332 e. The number of rotatable bonds is 9. The molecule has 10 heteroatoms. The number of hydrogen-bond acceptors (Lipinski definition) is 5. The third kappa shape index (κ3) is 5.01. The van der Waals surface area contributed by atoms with Crippen LogP contribution in [0.2, 0.25) is 0 Å². The van der Waals surface area contributed by atoms with Crippen LogP contribution in [-0.2, 0) is 29.6 Å². The first kappa shape index (κ1) is 21.0. The van der Waals surface area contributed by atoms with Crippen LogP contribution in [0, 0.1) is 0 Å². The van der Waals surface area contributed by atoms with Crippen LogP contribution in [0.25, 0.3) is 11.2 Å². The monoisotopic (exact) mass is 420 g/mol. The van der Waals surface area contributed by atoms with Crippen molar-refractivity contribution < 1.29 is 13.0 Å². The van der Waals surface area contributed by atoms with E-state index in [9.17, 15) is 18.0 Å². The van der Waals surface area contributed by atoms with Crippen LogP contribution in [-0.4, -0.2) is 37.8 Å². The molecule has 0 saturated heterocycles. The second-order valence-electron chi connectivity index (χ2n) is 6.93. The Labute approximate surface area is 167 Å². The summed E-state index contributed by atoms with van der Waals surface area (Å²) in [6, 6.07) is 9.64. The van der Waals surface area contributed by atoms with Gasteiger partial charge in [0, 0.05) is 19.5 Å². The van der Waals surface area contributed by atoms with E-state index in [1.54, 1.807) is 0 Å². The minimum atomic E-state index is -4.05. The number of fused-ring (bicyclic) bond motifs is 1. The minimum absolute atomic E-state index is 0.195. The highest BCUT2D eigenvalue weighted by atomic mass is 32.2. The lowest BCUT2D eigenvalue weighted by Crippen LogP contribution is -2.40. The molecule has 0 saturated carbocycles. The minimum Gasteiger partial charge on any atom is -0.336 e. The predicted molar refractivity (Wildman–Crippen MR) is 110 cm³/mol. The first-order valence-electron chi connectivity index (χ1n) is 9.51. The number of benzene rings is 1. The maximum atomic E-state index is 12.9. The number of aromatic nitrogens is 4. The average Bonchev–Trinajstić information content (AvgIpc) is 3.08. The van der Waals surface area contributed by atoms with Crippen LogP contribution in [0.4, 0.5) is 0 Å². The van der Waals surface area contributed by atoms with Gasteiger partial charge in [-0.2, -0.15) is 8.42 Å². The van der Waals surface area contributed by atoms with Gasteiger partial charge in [0.25, 0.3) is 15.7 Å². The average molecular weight is 420 g/mol. The van der Waals surface area contributed by atoms with E-state index in [1.807, 2.05) is 37.3 Å². The van der Waals surface area contributed by atoms with Crippen LogP contribution >= 0.6 is 0 Å². The van der Waals surface area contributed by atoms with Gasteiger partial charge in [-0.25, -0.2) is 9.78 Å². The molecule has 2 heterocycles. The Balaban J connectivity index is 2.00. The number of H-pyrrole nitrogens is 1. The van der Waals surface area contributed by atoms with E-state index < -0.39 is 21.4 Å². The highest BCUT2D eigenvalue weighted by molar-refractivity contribution is 7.85. The van der Waals surface area contributed by atoms with Crippen LogP contribution < -0.4 is 11.2 Å². The Bertz CT molecular complexity index is 1210. The van der Waals surface area contributed by atoms with Crippen molar-refractivity contribution in [3.8, 4) is 0 Å². The number of imidazole rings is 1. The van der Waals surface area contributed by atoms with Gasteiger partial charge < -0.3 is 4.98 Å². The Kier molecular flexibility index (Phi) is 6.33. The predicted octanol–water partition coefficient (Wildman–Crippen LogP) is 1.56. The number of unbranched alkanes of at least 4 members (excludes halogenated alkanes) is 1. The SMILES string of the molecule is CCCn1c(=O)c2[nH]c(Cc3ccccc3)nc2n(CCCCS(=O)(=O)O)c1=O. The molecular weight excluding hydrogens is 396 g/mol. The van der Waals surface area contributed by atoms with E-state index in [4.69, 9.17) is 4.55 Å². The fraction of sp³-hybridized carbons (Fsp3) is 0.421. The molecule has 0 aliphatic rings. The number of aryl methyl sites for hydroxylation is 1. The summed E-state index contributed by atoms with van der Waals surface area (Å²) < 4.78 is 33.3. The van der Waals surface area contributed by atoms with Crippen molar-refractivity contribution in [2.75, 3.05) is 5.75 Å². The molecule has 156 valence electrons. The summed E-state index contributed by atoms with van der Waals surface area (Å²) in [6.45, 7) is 2.36. The van der Waals surface area contributed by atoms with E-state index >= 15 is 0 Å². The number of hydrogen-bond donors (Lipinski definition) is 2. The van der Waals surface area contributed by atoms with Gasteiger partial charge in [-0.05, 0) is 24.8 Å². The van der Waals surface area contributed by atoms with Crippen LogP contribution in [0.5, 0.6) is 0 Å². The second-order valence-corrected chi connectivity index (χ2v) is 8.50. The fourth-order valence-electron chi connectivity index (χ4n) is 3.26. The van der Waals surface area contributed by atoms with Crippen molar-refractivity contribution in [3.05, 3.63) is 62.6 Å². The zero-order chi connectivity index (χ0) is 21.0. The van der Waals surface area contributed by atoms with E-state index in [1.165, 1.54) is 9.13 Å². The van der Waals surface area contributed by atoms with Gasteiger partial charge in [0.2, 0.25) is 0 Å². The van der Waals surface area contributed by atoms with Crippen molar-refractivity contribution in [2.45, 2.75) is 45.7 Å². The number of aromatic amines is 1. The van der Waals surface area contributed by atoms with Crippen LogP contribution in [0.15, 0.2) is 39.9 Å². The molecule has 0 bridgehead atoms.